The van der Waals surface area contributed by atoms with Gasteiger partial charge in [0.25, 0.3) is 5.56 Å². The summed E-state index contributed by atoms with van der Waals surface area (Å²) in [5.74, 6) is -4.02. The molecule has 0 saturated carbocycles. The third-order valence-electron chi connectivity index (χ3n) is 4.76. The van der Waals surface area contributed by atoms with Crippen LogP contribution in [0.2, 0.25) is 0 Å². The fourth-order valence-corrected chi connectivity index (χ4v) is 4.78. The molecule has 1 aromatic carbocycles. The minimum Gasteiger partial charge on any atom is -0.468 e. The topological polar surface area (TPSA) is 199 Å². The Balaban J connectivity index is 1.74. The number of halogens is 1. The van der Waals surface area contributed by atoms with Gasteiger partial charge in [0, 0.05) is 10.7 Å². The molecule has 2 heterocycles. The number of benzene rings is 1. The molecule has 1 unspecified atom stereocenters. The number of methoxy groups -OCH3 is 1. The van der Waals surface area contributed by atoms with Crippen molar-refractivity contribution < 1.29 is 43.2 Å². The summed E-state index contributed by atoms with van der Waals surface area (Å²) < 4.78 is 36.2. The van der Waals surface area contributed by atoms with Crippen molar-refractivity contribution >= 4 is 29.6 Å². The third-order valence-corrected chi connectivity index (χ3v) is 6.93. The highest BCUT2D eigenvalue weighted by atomic mass is 79.9. The highest BCUT2D eigenvalue weighted by molar-refractivity contribution is 9.10. The predicted octanol–water partition coefficient (Wildman–Crippen LogP) is 0.195. The van der Waals surface area contributed by atoms with Gasteiger partial charge in [-0.2, -0.15) is 5.09 Å². The number of ether oxygens (including phenoxy) is 2. The van der Waals surface area contributed by atoms with Crippen molar-refractivity contribution in [3.05, 3.63) is 73.5 Å². The van der Waals surface area contributed by atoms with Crippen molar-refractivity contribution in [2.75, 3.05) is 13.7 Å². The Labute approximate surface area is 211 Å². The molecule has 16 heteroatoms. The Morgan fingerprint density at radius 2 is 1.94 bits per heavy atom. The zero-order valence-electron chi connectivity index (χ0n) is 18.9. The lowest BCUT2D eigenvalue weighted by atomic mass is 10.3. The maximum absolute atomic E-state index is 13.4. The molecule has 5 N–H and O–H groups in total. The Morgan fingerprint density at radius 3 is 2.56 bits per heavy atom. The van der Waals surface area contributed by atoms with Crippen LogP contribution >= 0.6 is 23.7 Å². The molecule has 196 valence electrons. The molecule has 3 rings (SSSR count). The lowest BCUT2D eigenvalue weighted by molar-refractivity contribution is -0.324. The van der Waals surface area contributed by atoms with Gasteiger partial charge >= 0.3 is 25.4 Å². The van der Waals surface area contributed by atoms with E-state index >= 15 is 0 Å². The number of aliphatic hydroxyl groups is 3. The first-order chi connectivity index (χ1) is 16.8. The van der Waals surface area contributed by atoms with Gasteiger partial charge in [0.1, 0.15) is 23.5 Å². The molecule has 36 heavy (non-hydrogen) atoms. The van der Waals surface area contributed by atoms with Crippen LogP contribution in [-0.2, 0) is 29.3 Å². The van der Waals surface area contributed by atoms with Gasteiger partial charge < -0.3 is 29.3 Å². The van der Waals surface area contributed by atoms with Gasteiger partial charge in [0.15, 0.2) is 6.23 Å². The SMILES string of the molecule is COC(=O)[C@H](C)NP(=O)(OC[C@@H]1C=C[C@H](n2cc(C(O)(O)O)c(=O)[nH]c2=O)O1)Oc1ccc(Br)cc1. The number of H-pyrrole nitrogens is 1. The monoisotopic (exact) mass is 591 g/mol. The Bertz CT molecular complexity index is 1290. The largest absolute Gasteiger partial charge is 0.468 e. The zero-order valence-corrected chi connectivity index (χ0v) is 21.3. The summed E-state index contributed by atoms with van der Waals surface area (Å²) in [5.41, 5.74) is -3.07. The quantitative estimate of drug-likeness (QED) is 0.109. The standard InChI is InChI=1S/C20H23BrN3O11P/c1-11(18(26)32-2)23-36(31,35-13-5-3-12(21)4-6-13)33-10-14-7-8-16(34-14)24-9-15(20(28,29)30)17(25)22-19(24)27/h3-9,11,14,16,28-30H,10H2,1-2H3,(H,23,31)(H,22,25,27)/t11-,14-,16+,36?/m0/s1. The minimum absolute atomic E-state index is 0.180. The van der Waals surface area contributed by atoms with Gasteiger partial charge in [-0.15, -0.1) is 0 Å². The van der Waals surface area contributed by atoms with E-state index in [1.54, 1.807) is 12.1 Å². The van der Waals surface area contributed by atoms with Crippen LogP contribution in [0, 0.1) is 0 Å². The van der Waals surface area contributed by atoms with Crippen LogP contribution in [0.25, 0.3) is 0 Å². The summed E-state index contributed by atoms with van der Waals surface area (Å²) in [7, 11) is -3.00. The maximum Gasteiger partial charge on any atom is 0.459 e. The van der Waals surface area contributed by atoms with Gasteiger partial charge in [-0.3, -0.25) is 23.7 Å². The van der Waals surface area contributed by atoms with Crippen molar-refractivity contribution in [3.63, 3.8) is 0 Å². The molecule has 0 bridgehead atoms. The van der Waals surface area contributed by atoms with E-state index < -0.39 is 54.9 Å². The van der Waals surface area contributed by atoms with Gasteiger partial charge in [0.2, 0.25) is 0 Å². The van der Waals surface area contributed by atoms with Crippen molar-refractivity contribution in [2.24, 2.45) is 0 Å². The molecule has 4 atom stereocenters. The van der Waals surface area contributed by atoms with E-state index in [4.69, 9.17) is 13.8 Å². The second-order valence-electron chi connectivity index (χ2n) is 7.51. The Morgan fingerprint density at radius 1 is 1.28 bits per heavy atom. The summed E-state index contributed by atoms with van der Waals surface area (Å²) in [6.45, 7) is 1.04. The van der Waals surface area contributed by atoms with E-state index in [2.05, 4.69) is 25.8 Å². The van der Waals surface area contributed by atoms with Gasteiger partial charge in [-0.25, -0.2) is 9.36 Å². The summed E-state index contributed by atoms with van der Waals surface area (Å²) in [4.78, 5) is 37.6. The molecule has 0 saturated heterocycles. The van der Waals surface area contributed by atoms with E-state index in [0.717, 1.165) is 22.3 Å². The van der Waals surface area contributed by atoms with E-state index in [1.165, 1.54) is 31.2 Å². The number of hydrogen-bond acceptors (Lipinski definition) is 11. The number of nitrogens with one attached hydrogen (secondary N) is 2. The molecular weight excluding hydrogens is 569 g/mol. The van der Waals surface area contributed by atoms with Crippen molar-refractivity contribution in [1.29, 1.82) is 0 Å². The van der Waals surface area contributed by atoms with Gasteiger partial charge in [0.05, 0.1) is 13.7 Å². The second kappa shape index (κ2) is 11.2. The Kier molecular flexibility index (Phi) is 8.69. The fraction of sp³-hybridized carbons (Fsp3) is 0.350. The highest BCUT2D eigenvalue weighted by Gasteiger charge is 2.34. The molecular formula is C20H23BrN3O11P. The van der Waals surface area contributed by atoms with Crippen LogP contribution in [0.3, 0.4) is 0 Å². The summed E-state index contributed by atoms with van der Waals surface area (Å²) in [6, 6.07) is 5.28. The van der Waals surface area contributed by atoms with Crippen molar-refractivity contribution in [2.45, 2.75) is 31.3 Å². The van der Waals surface area contributed by atoms with Crippen LogP contribution in [-0.4, -0.2) is 56.7 Å². The number of hydrogen-bond donors (Lipinski definition) is 5. The summed E-state index contributed by atoms with van der Waals surface area (Å²) >= 11 is 3.28. The molecule has 1 aliphatic heterocycles. The number of aromatic nitrogens is 2. The molecule has 0 amide bonds. The zero-order chi connectivity index (χ0) is 26.7. The molecule has 0 aliphatic carbocycles. The summed E-state index contributed by atoms with van der Waals surface area (Å²) in [6.07, 6.45) is 1.55. The van der Waals surface area contributed by atoms with E-state index in [-0.39, 0.29) is 12.4 Å². The smallest absolute Gasteiger partial charge is 0.459 e. The first-order valence-electron chi connectivity index (χ1n) is 10.2. The molecule has 14 nitrogen and oxygen atoms in total. The van der Waals surface area contributed by atoms with E-state index in [1.807, 2.05) is 4.98 Å². The molecule has 2 aromatic rings. The molecule has 1 aromatic heterocycles. The fourth-order valence-electron chi connectivity index (χ4n) is 3.02. The van der Waals surface area contributed by atoms with Gasteiger partial charge in [-0.05, 0) is 37.3 Å². The first-order valence-corrected chi connectivity index (χ1v) is 12.6. The minimum atomic E-state index is -4.16. The number of carbonyl (C=O) groups is 1. The number of carbonyl (C=O) groups excluding carboxylic acids is 1. The van der Waals surface area contributed by atoms with Crippen molar-refractivity contribution in [1.82, 2.24) is 14.6 Å². The molecule has 0 radical (unpaired) electrons. The predicted molar refractivity (Wildman–Crippen MR) is 126 cm³/mol. The normalized spacial score (nSPS) is 20.1. The van der Waals surface area contributed by atoms with Crippen LogP contribution < -0.4 is 20.9 Å². The summed E-state index contributed by atoms with van der Waals surface area (Å²) in [5, 5.41) is 30.5. The number of esters is 1. The van der Waals surface area contributed by atoms with E-state index in [0.29, 0.717) is 0 Å². The highest BCUT2D eigenvalue weighted by Crippen LogP contribution is 2.45. The first kappa shape index (κ1) is 28.0. The Hall–Kier alpha value is -2.62. The number of aromatic amines is 1. The second-order valence-corrected chi connectivity index (χ2v) is 10.1. The lowest BCUT2D eigenvalue weighted by Crippen LogP contribution is -2.40. The average molecular weight is 592 g/mol. The third kappa shape index (κ3) is 6.99. The van der Waals surface area contributed by atoms with Crippen LogP contribution in [0.4, 0.5) is 0 Å². The van der Waals surface area contributed by atoms with Crippen molar-refractivity contribution in [3.8, 4) is 5.75 Å². The average Bonchev–Trinajstić information content (AvgIpc) is 3.26. The number of rotatable bonds is 10. The molecule has 0 fully saturated rings. The molecule has 0 spiro atoms. The maximum atomic E-state index is 13.4. The van der Waals surface area contributed by atoms with Gasteiger partial charge in [-0.1, -0.05) is 22.0 Å². The molecule has 1 aliphatic rings. The van der Waals surface area contributed by atoms with Crippen LogP contribution in [0.15, 0.2) is 56.7 Å². The lowest BCUT2D eigenvalue weighted by Gasteiger charge is -2.24. The van der Waals surface area contributed by atoms with E-state index in [9.17, 15) is 34.3 Å². The van der Waals surface area contributed by atoms with Crippen LogP contribution in [0.5, 0.6) is 5.75 Å². The van der Waals surface area contributed by atoms with Crippen LogP contribution in [0.1, 0.15) is 18.7 Å². The number of nitrogens with zero attached hydrogens (tertiary/aromatic N) is 1.